The van der Waals surface area contributed by atoms with Crippen molar-refractivity contribution in [1.29, 1.82) is 0 Å². The van der Waals surface area contributed by atoms with Gasteiger partial charge in [-0.1, -0.05) is 146 Å². The molecule has 1 rings (SSSR count). The van der Waals surface area contributed by atoms with Gasteiger partial charge in [0.2, 0.25) is 0 Å². The van der Waals surface area contributed by atoms with Gasteiger partial charge >= 0.3 is 0 Å². The Morgan fingerprint density at radius 3 is 1.23 bits per heavy atom. The molecular formula is C44H81NO2. The normalized spacial score (nSPS) is 19.1. The molecular weight excluding hydrogens is 574 g/mol. The zero-order chi connectivity index (χ0) is 33.9. The van der Waals surface area contributed by atoms with Crippen molar-refractivity contribution >= 4 is 0 Å². The molecule has 0 spiro atoms. The Morgan fingerprint density at radius 1 is 0.447 bits per heavy atom. The van der Waals surface area contributed by atoms with Crippen LogP contribution in [0.5, 0.6) is 0 Å². The van der Waals surface area contributed by atoms with Crippen molar-refractivity contribution in [3.05, 3.63) is 48.6 Å². The Labute approximate surface area is 295 Å². The standard InChI is InChI=1S/C44H81NO2/c1-5-7-9-11-13-15-17-19-21-23-25-27-29-31-33-35-38-43-41-42(46-44(47-43)39-36-40-45(3)4)37-34-32-30-28-26-24-22-20-18-16-14-12-10-8-6-2/h13-16,19-22,42-44H,5-12,17-18,23-41H2,1-4H3. The van der Waals surface area contributed by atoms with Gasteiger partial charge in [0.05, 0.1) is 12.2 Å². The van der Waals surface area contributed by atoms with Crippen LogP contribution in [0.15, 0.2) is 48.6 Å². The summed E-state index contributed by atoms with van der Waals surface area (Å²) in [6.07, 6.45) is 55.3. The highest BCUT2D eigenvalue weighted by molar-refractivity contribution is 4.93. The molecule has 0 aromatic heterocycles. The summed E-state index contributed by atoms with van der Waals surface area (Å²) in [5, 5.41) is 0. The maximum absolute atomic E-state index is 6.49. The Balaban J connectivity index is 2.15. The number of ether oxygens (including phenoxy) is 2. The minimum Gasteiger partial charge on any atom is -0.349 e. The van der Waals surface area contributed by atoms with Crippen LogP contribution in [-0.2, 0) is 9.47 Å². The first-order chi connectivity index (χ1) is 23.2. The van der Waals surface area contributed by atoms with E-state index in [1.165, 1.54) is 148 Å². The molecule has 0 N–H and O–H groups in total. The highest BCUT2D eigenvalue weighted by atomic mass is 16.7. The van der Waals surface area contributed by atoms with Crippen molar-refractivity contribution in [2.75, 3.05) is 20.6 Å². The van der Waals surface area contributed by atoms with Crippen molar-refractivity contribution in [1.82, 2.24) is 4.90 Å². The quantitative estimate of drug-likeness (QED) is 0.0519. The summed E-state index contributed by atoms with van der Waals surface area (Å²) >= 11 is 0. The van der Waals surface area contributed by atoms with E-state index in [4.69, 9.17) is 9.47 Å². The lowest BCUT2D eigenvalue weighted by molar-refractivity contribution is -0.247. The maximum Gasteiger partial charge on any atom is 0.158 e. The molecule has 47 heavy (non-hydrogen) atoms. The Bertz CT molecular complexity index is 754. The van der Waals surface area contributed by atoms with Gasteiger partial charge in [-0.25, -0.2) is 0 Å². The van der Waals surface area contributed by atoms with Gasteiger partial charge in [0.1, 0.15) is 0 Å². The molecule has 1 heterocycles. The predicted molar refractivity (Wildman–Crippen MR) is 209 cm³/mol. The zero-order valence-electron chi connectivity index (χ0n) is 32.1. The predicted octanol–water partition coefficient (Wildman–Crippen LogP) is 13.8. The van der Waals surface area contributed by atoms with Gasteiger partial charge in [-0.3, -0.25) is 0 Å². The average molecular weight is 656 g/mol. The van der Waals surface area contributed by atoms with Crippen LogP contribution >= 0.6 is 0 Å². The van der Waals surface area contributed by atoms with E-state index in [-0.39, 0.29) is 6.29 Å². The molecule has 1 aliphatic rings. The summed E-state index contributed by atoms with van der Waals surface area (Å²) in [6.45, 7) is 5.65. The molecule has 3 atom stereocenters. The molecule has 0 bridgehead atoms. The van der Waals surface area contributed by atoms with Crippen molar-refractivity contribution in [3.63, 3.8) is 0 Å². The topological polar surface area (TPSA) is 21.7 Å². The number of hydrogen-bond donors (Lipinski definition) is 0. The monoisotopic (exact) mass is 656 g/mol. The van der Waals surface area contributed by atoms with E-state index in [9.17, 15) is 0 Å². The second-order valence-electron chi connectivity index (χ2n) is 14.5. The van der Waals surface area contributed by atoms with Crippen molar-refractivity contribution in [2.24, 2.45) is 0 Å². The third kappa shape index (κ3) is 30.6. The molecule has 0 aromatic carbocycles. The fourth-order valence-electron chi connectivity index (χ4n) is 6.49. The number of hydrogen-bond acceptors (Lipinski definition) is 3. The molecule has 0 radical (unpaired) electrons. The highest BCUT2D eigenvalue weighted by Gasteiger charge is 2.29. The molecule has 1 fully saturated rings. The molecule has 1 aliphatic heterocycles. The summed E-state index contributed by atoms with van der Waals surface area (Å²) in [5.74, 6) is 0. The van der Waals surface area contributed by atoms with E-state index in [0.29, 0.717) is 12.2 Å². The van der Waals surface area contributed by atoms with Crippen LogP contribution in [0.25, 0.3) is 0 Å². The van der Waals surface area contributed by atoms with Crippen LogP contribution in [0.4, 0.5) is 0 Å². The molecule has 1 saturated heterocycles. The van der Waals surface area contributed by atoms with Crippen molar-refractivity contribution in [2.45, 2.75) is 212 Å². The van der Waals surface area contributed by atoms with E-state index in [0.717, 1.165) is 38.6 Å². The lowest BCUT2D eigenvalue weighted by Gasteiger charge is -2.36. The molecule has 0 aromatic rings. The summed E-state index contributed by atoms with van der Waals surface area (Å²) in [6, 6.07) is 0. The van der Waals surface area contributed by atoms with E-state index < -0.39 is 0 Å². The number of rotatable bonds is 33. The summed E-state index contributed by atoms with van der Waals surface area (Å²) < 4.78 is 13.0. The SMILES string of the molecule is CCCCCC=CCC=CCCCCCCCCC1CC(CCCCCCCC=CCC=CCCCCC)OC(CCCN(C)C)O1. The van der Waals surface area contributed by atoms with E-state index in [1.54, 1.807) is 0 Å². The Kier molecular flexibility index (Phi) is 32.4. The number of nitrogens with zero attached hydrogens (tertiary/aromatic N) is 1. The van der Waals surface area contributed by atoms with Crippen LogP contribution in [-0.4, -0.2) is 44.0 Å². The fraction of sp³-hybridized carbons (Fsp3) is 0.818. The average Bonchev–Trinajstić information content (AvgIpc) is 3.06. The molecule has 3 nitrogen and oxygen atoms in total. The largest absolute Gasteiger partial charge is 0.349 e. The van der Waals surface area contributed by atoms with Gasteiger partial charge < -0.3 is 14.4 Å². The highest BCUT2D eigenvalue weighted by Crippen LogP contribution is 2.28. The molecule has 3 unspecified atom stereocenters. The number of unbranched alkanes of at least 4 members (excludes halogenated alkanes) is 17. The van der Waals surface area contributed by atoms with Crippen LogP contribution in [0, 0.1) is 0 Å². The van der Waals surface area contributed by atoms with Gasteiger partial charge in [-0.05, 0) is 117 Å². The van der Waals surface area contributed by atoms with E-state index >= 15 is 0 Å². The van der Waals surface area contributed by atoms with Gasteiger partial charge in [0, 0.05) is 0 Å². The van der Waals surface area contributed by atoms with Gasteiger partial charge in [0.25, 0.3) is 0 Å². The third-order valence-corrected chi connectivity index (χ3v) is 9.46. The second kappa shape index (κ2) is 34.7. The summed E-state index contributed by atoms with van der Waals surface area (Å²) in [7, 11) is 4.31. The molecule has 0 aliphatic carbocycles. The third-order valence-electron chi connectivity index (χ3n) is 9.46. The molecule has 274 valence electrons. The molecule has 0 amide bonds. The summed E-state index contributed by atoms with van der Waals surface area (Å²) in [4.78, 5) is 2.27. The zero-order valence-corrected chi connectivity index (χ0v) is 32.1. The molecule has 3 heteroatoms. The maximum atomic E-state index is 6.49. The van der Waals surface area contributed by atoms with Crippen LogP contribution in [0.3, 0.4) is 0 Å². The second-order valence-corrected chi connectivity index (χ2v) is 14.5. The summed E-state index contributed by atoms with van der Waals surface area (Å²) in [5.41, 5.74) is 0. The lowest BCUT2D eigenvalue weighted by atomic mass is 9.98. The van der Waals surface area contributed by atoms with E-state index in [2.05, 4.69) is 81.5 Å². The first-order valence-electron chi connectivity index (χ1n) is 20.7. The van der Waals surface area contributed by atoms with Crippen LogP contribution in [0.1, 0.15) is 194 Å². The molecule has 0 saturated carbocycles. The van der Waals surface area contributed by atoms with E-state index in [1.807, 2.05) is 0 Å². The van der Waals surface area contributed by atoms with Gasteiger partial charge in [-0.2, -0.15) is 0 Å². The Hall–Kier alpha value is -1.16. The van der Waals surface area contributed by atoms with Crippen molar-refractivity contribution < 1.29 is 9.47 Å². The lowest BCUT2D eigenvalue weighted by Crippen LogP contribution is -2.38. The van der Waals surface area contributed by atoms with Crippen LogP contribution in [0.2, 0.25) is 0 Å². The first kappa shape index (κ1) is 43.9. The van der Waals surface area contributed by atoms with Gasteiger partial charge in [-0.15, -0.1) is 0 Å². The van der Waals surface area contributed by atoms with Gasteiger partial charge in [0.15, 0.2) is 6.29 Å². The smallest absolute Gasteiger partial charge is 0.158 e. The fourth-order valence-corrected chi connectivity index (χ4v) is 6.49. The Morgan fingerprint density at radius 2 is 0.830 bits per heavy atom. The minimum absolute atomic E-state index is 0.00118. The first-order valence-corrected chi connectivity index (χ1v) is 20.7. The van der Waals surface area contributed by atoms with Crippen molar-refractivity contribution in [3.8, 4) is 0 Å². The minimum atomic E-state index is 0.00118. The number of allylic oxidation sites excluding steroid dienone is 8. The van der Waals surface area contributed by atoms with Crippen LogP contribution < -0.4 is 0 Å².